The topological polar surface area (TPSA) is 109 Å². The molecule has 1 aromatic heterocycles. The Morgan fingerprint density at radius 1 is 1.13 bits per heavy atom. The van der Waals surface area contributed by atoms with Gasteiger partial charge in [-0.25, -0.2) is 4.98 Å². The summed E-state index contributed by atoms with van der Waals surface area (Å²) in [6, 6.07) is 7.41. The molecular weight excluding hydrogens is 419 g/mol. The van der Waals surface area contributed by atoms with Gasteiger partial charge in [0.1, 0.15) is 5.82 Å². The molecule has 0 radical (unpaired) electrons. The van der Waals surface area contributed by atoms with Gasteiger partial charge in [0, 0.05) is 50.1 Å². The van der Waals surface area contributed by atoms with Crippen molar-refractivity contribution < 1.29 is 27.7 Å². The second-order valence-electron chi connectivity index (χ2n) is 6.76. The molecule has 1 aromatic carbocycles. The van der Waals surface area contributed by atoms with Gasteiger partial charge < -0.3 is 15.1 Å². The first-order valence-corrected chi connectivity index (χ1v) is 9.24. The maximum atomic E-state index is 12.6. The molecule has 2 aromatic rings. The number of non-ortho nitro benzene ring substituents is 1. The fraction of sp³-hybridized carbons (Fsp3) is 0.316. The third kappa shape index (κ3) is 5.47. The Morgan fingerprint density at radius 3 is 2.42 bits per heavy atom. The number of aromatic nitrogens is 1. The Bertz CT molecular complexity index is 973. The van der Waals surface area contributed by atoms with Gasteiger partial charge in [-0.2, -0.15) is 13.2 Å². The van der Waals surface area contributed by atoms with Crippen LogP contribution >= 0.6 is 0 Å². The van der Waals surface area contributed by atoms with Crippen LogP contribution in [0.1, 0.15) is 15.9 Å². The van der Waals surface area contributed by atoms with E-state index in [0.29, 0.717) is 32.0 Å². The number of benzene rings is 1. The Balaban J connectivity index is 1.49. The number of nitrogens with zero attached hydrogens (tertiary/aromatic N) is 4. The molecule has 12 heteroatoms. The average Bonchev–Trinajstić information content (AvgIpc) is 2.77. The molecule has 1 N–H and O–H groups in total. The van der Waals surface area contributed by atoms with Gasteiger partial charge in [-0.15, -0.1) is 0 Å². The number of pyridine rings is 1. The molecule has 2 amide bonds. The van der Waals surface area contributed by atoms with Crippen molar-refractivity contribution in [1.82, 2.24) is 15.2 Å². The fourth-order valence-electron chi connectivity index (χ4n) is 3.06. The normalized spacial score (nSPS) is 14.3. The molecule has 9 nitrogen and oxygen atoms in total. The lowest BCUT2D eigenvalue weighted by Gasteiger charge is -2.35. The molecule has 0 spiro atoms. The minimum absolute atomic E-state index is 0.0696. The first kappa shape index (κ1) is 22.0. The Kier molecular flexibility index (Phi) is 6.37. The van der Waals surface area contributed by atoms with Crippen LogP contribution in [0.5, 0.6) is 0 Å². The Morgan fingerprint density at radius 2 is 1.84 bits per heavy atom. The van der Waals surface area contributed by atoms with Crippen molar-refractivity contribution in [3.05, 3.63) is 63.8 Å². The number of piperazine rings is 1. The van der Waals surface area contributed by atoms with Gasteiger partial charge in [0.25, 0.3) is 11.6 Å². The summed E-state index contributed by atoms with van der Waals surface area (Å²) in [5.41, 5.74) is -0.989. The summed E-state index contributed by atoms with van der Waals surface area (Å²) in [4.78, 5) is 41.8. The maximum Gasteiger partial charge on any atom is 0.417 e. The van der Waals surface area contributed by atoms with E-state index in [4.69, 9.17) is 0 Å². The number of alkyl halides is 3. The second kappa shape index (κ2) is 8.98. The lowest BCUT2D eigenvalue weighted by Crippen LogP contribution is -2.51. The first-order chi connectivity index (χ1) is 14.6. The molecule has 3 rings (SSSR count). The lowest BCUT2D eigenvalue weighted by molar-refractivity contribution is -0.384. The van der Waals surface area contributed by atoms with Gasteiger partial charge >= 0.3 is 6.18 Å². The highest BCUT2D eigenvalue weighted by Gasteiger charge is 2.31. The minimum atomic E-state index is -4.45. The molecule has 1 aliphatic rings. The second-order valence-corrected chi connectivity index (χ2v) is 6.76. The average molecular weight is 437 g/mol. The molecule has 1 aliphatic heterocycles. The van der Waals surface area contributed by atoms with E-state index in [-0.39, 0.29) is 23.7 Å². The van der Waals surface area contributed by atoms with E-state index in [1.54, 1.807) is 4.90 Å². The molecule has 0 aliphatic carbocycles. The zero-order valence-corrected chi connectivity index (χ0v) is 16.1. The number of hydrogen-bond acceptors (Lipinski definition) is 6. The SMILES string of the molecule is O=C(NCC(=O)N1CCN(c2ccc(C(F)(F)F)cn2)CC1)c1cccc([N+](=O)[O-])c1. The molecule has 0 unspecified atom stereocenters. The fourth-order valence-corrected chi connectivity index (χ4v) is 3.06. The Labute approximate surface area is 174 Å². The van der Waals surface area contributed by atoms with E-state index in [1.165, 1.54) is 29.2 Å². The number of carbonyl (C=O) groups excluding carboxylic acids is 2. The number of carbonyl (C=O) groups is 2. The summed E-state index contributed by atoms with van der Waals surface area (Å²) < 4.78 is 37.9. The first-order valence-electron chi connectivity index (χ1n) is 9.24. The smallest absolute Gasteiger partial charge is 0.353 e. The number of anilines is 1. The molecule has 0 saturated carbocycles. The van der Waals surface area contributed by atoms with E-state index in [1.807, 2.05) is 0 Å². The van der Waals surface area contributed by atoms with Crippen LogP contribution in [0.2, 0.25) is 0 Å². The van der Waals surface area contributed by atoms with E-state index < -0.39 is 22.6 Å². The molecule has 31 heavy (non-hydrogen) atoms. The van der Waals surface area contributed by atoms with E-state index in [2.05, 4.69) is 10.3 Å². The largest absolute Gasteiger partial charge is 0.417 e. The van der Waals surface area contributed by atoms with Crippen LogP contribution in [0.4, 0.5) is 24.7 Å². The van der Waals surface area contributed by atoms with Crippen molar-refractivity contribution in [3.8, 4) is 0 Å². The maximum absolute atomic E-state index is 12.6. The number of rotatable bonds is 5. The third-order valence-electron chi connectivity index (χ3n) is 4.75. The summed E-state index contributed by atoms with van der Waals surface area (Å²) in [7, 11) is 0. The van der Waals surface area contributed by atoms with Crippen LogP contribution in [0, 0.1) is 10.1 Å². The number of halogens is 3. The van der Waals surface area contributed by atoms with Crippen LogP contribution in [-0.2, 0) is 11.0 Å². The summed E-state index contributed by atoms with van der Waals surface area (Å²) in [5.74, 6) is -0.553. The number of nitro benzene ring substituents is 1. The van der Waals surface area contributed by atoms with Gasteiger partial charge in [-0.3, -0.25) is 19.7 Å². The predicted octanol–water partition coefficient (Wildman–Crippen LogP) is 2.09. The zero-order valence-electron chi connectivity index (χ0n) is 16.1. The van der Waals surface area contributed by atoms with Crippen LogP contribution < -0.4 is 10.2 Å². The van der Waals surface area contributed by atoms with E-state index >= 15 is 0 Å². The monoisotopic (exact) mass is 437 g/mol. The molecule has 2 heterocycles. The number of nitro groups is 1. The van der Waals surface area contributed by atoms with Crippen molar-refractivity contribution in [1.29, 1.82) is 0 Å². The van der Waals surface area contributed by atoms with Crippen molar-refractivity contribution in [2.75, 3.05) is 37.6 Å². The minimum Gasteiger partial charge on any atom is -0.353 e. The molecule has 164 valence electrons. The highest BCUT2D eigenvalue weighted by atomic mass is 19.4. The molecular formula is C19H18F3N5O4. The highest BCUT2D eigenvalue weighted by molar-refractivity contribution is 5.97. The van der Waals surface area contributed by atoms with Crippen LogP contribution in [0.3, 0.4) is 0 Å². The van der Waals surface area contributed by atoms with Crippen LogP contribution in [0.15, 0.2) is 42.6 Å². The summed E-state index contributed by atoms with van der Waals surface area (Å²) in [6.07, 6.45) is -3.68. The Hall–Kier alpha value is -3.70. The molecule has 1 saturated heterocycles. The van der Waals surface area contributed by atoms with Gasteiger partial charge in [0.15, 0.2) is 0 Å². The zero-order chi connectivity index (χ0) is 22.6. The number of amides is 2. The van der Waals surface area contributed by atoms with Gasteiger partial charge in [0.05, 0.1) is 17.0 Å². The number of nitrogens with one attached hydrogen (secondary N) is 1. The predicted molar refractivity (Wildman–Crippen MR) is 103 cm³/mol. The summed E-state index contributed by atoms with van der Waals surface area (Å²) in [5, 5.41) is 13.2. The molecule has 1 fully saturated rings. The van der Waals surface area contributed by atoms with E-state index in [0.717, 1.165) is 18.3 Å². The van der Waals surface area contributed by atoms with Crippen molar-refractivity contribution >= 4 is 23.3 Å². The lowest BCUT2D eigenvalue weighted by atomic mass is 10.2. The van der Waals surface area contributed by atoms with Crippen LogP contribution in [0.25, 0.3) is 0 Å². The van der Waals surface area contributed by atoms with Gasteiger partial charge in [-0.1, -0.05) is 6.07 Å². The van der Waals surface area contributed by atoms with Crippen molar-refractivity contribution in [3.63, 3.8) is 0 Å². The van der Waals surface area contributed by atoms with Crippen molar-refractivity contribution in [2.24, 2.45) is 0 Å². The third-order valence-corrected chi connectivity index (χ3v) is 4.75. The van der Waals surface area contributed by atoms with E-state index in [9.17, 15) is 32.9 Å². The molecule has 0 bridgehead atoms. The van der Waals surface area contributed by atoms with Gasteiger partial charge in [-0.05, 0) is 18.2 Å². The van der Waals surface area contributed by atoms with Crippen molar-refractivity contribution in [2.45, 2.75) is 6.18 Å². The van der Waals surface area contributed by atoms with Gasteiger partial charge in [0.2, 0.25) is 5.91 Å². The number of hydrogen-bond donors (Lipinski definition) is 1. The summed E-state index contributed by atoms with van der Waals surface area (Å²) in [6.45, 7) is 1.11. The quantitative estimate of drug-likeness (QED) is 0.567. The highest BCUT2D eigenvalue weighted by Crippen LogP contribution is 2.29. The summed E-state index contributed by atoms with van der Waals surface area (Å²) >= 11 is 0. The molecule has 0 atom stereocenters. The standard InChI is InChI=1S/C19H18F3N5O4/c20-19(21,22)14-4-5-16(23-11-14)25-6-8-26(9-7-25)17(28)12-24-18(29)13-2-1-3-15(10-13)27(30)31/h1-5,10-11H,6-9,12H2,(H,24,29). The van der Waals surface area contributed by atoms with Crippen LogP contribution in [-0.4, -0.2) is 59.3 Å².